The first-order valence-electron chi connectivity index (χ1n) is 4.47. The highest BCUT2D eigenvalue weighted by Crippen LogP contribution is 2.08. The predicted octanol–water partition coefficient (Wildman–Crippen LogP) is 1.63. The van der Waals surface area contributed by atoms with E-state index in [9.17, 15) is 0 Å². The molecule has 0 aliphatic rings. The third-order valence-corrected chi connectivity index (χ3v) is 1.66. The summed E-state index contributed by atoms with van der Waals surface area (Å²) in [4.78, 5) is 7.89. The molecule has 1 rings (SSSR count). The minimum absolute atomic E-state index is 0.145. The van der Waals surface area contributed by atoms with Gasteiger partial charge in [0.15, 0.2) is 0 Å². The maximum atomic E-state index is 5.48. The Hall–Kier alpha value is -1.32. The molecule has 1 heterocycles. The Morgan fingerprint density at radius 3 is 3.00 bits per heavy atom. The second-order valence-electron chi connectivity index (χ2n) is 2.98. The van der Waals surface area contributed by atoms with E-state index in [0.717, 1.165) is 12.8 Å². The molecule has 0 aliphatic heterocycles. The fourth-order valence-electron chi connectivity index (χ4n) is 1.06. The van der Waals surface area contributed by atoms with E-state index in [1.54, 1.807) is 12.3 Å². The molecule has 1 aromatic heterocycles. The van der Waals surface area contributed by atoms with Crippen LogP contribution in [-0.2, 0) is 0 Å². The van der Waals surface area contributed by atoms with Crippen LogP contribution in [0.1, 0.15) is 26.7 Å². The highest BCUT2D eigenvalue weighted by atomic mass is 16.5. The lowest BCUT2D eigenvalue weighted by atomic mass is 10.2. The summed E-state index contributed by atoms with van der Waals surface area (Å²) in [6.45, 7) is 4.11. The highest BCUT2D eigenvalue weighted by molar-refractivity contribution is 5.26. The Labute approximate surface area is 78.1 Å². The van der Waals surface area contributed by atoms with Gasteiger partial charge in [-0.05, 0) is 19.4 Å². The Morgan fingerprint density at radius 1 is 1.62 bits per heavy atom. The van der Waals surface area contributed by atoms with Crippen molar-refractivity contribution in [2.45, 2.75) is 32.8 Å². The number of nitrogens with two attached hydrogens (primary N) is 1. The van der Waals surface area contributed by atoms with E-state index in [0.29, 0.717) is 11.8 Å². The van der Waals surface area contributed by atoms with E-state index in [1.807, 2.05) is 6.92 Å². The van der Waals surface area contributed by atoms with E-state index < -0.39 is 0 Å². The van der Waals surface area contributed by atoms with Gasteiger partial charge in [0.2, 0.25) is 0 Å². The van der Waals surface area contributed by atoms with Gasteiger partial charge in [-0.3, -0.25) is 0 Å². The van der Waals surface area contributed by atoms with Crippen LogP contribution >= 0.6 is 0 Å². The lowest BCUT2D eigenvalue weighted by Gasteiger charge is -2.11. The third-order valence-electron chi connectivity index (χ3n) is 1.66. The molecule has 4 nitrogen and oxygen atoms in total. The van der Waals surface area contributed by atoms with Crippen molar-refractivity contribution in [3.63, 3.8) is 0 Å². The number of rotatable bonds is 4. The van der Waals surface area contributed by atoms with Gasteiger partial charge in [-0.1, -0.05) is 13.3 Å². The summed E-state index contributed by atoms with van der Waals surface area (Å²) in [5.41, 5.74) is 5.48. The van der Waals surface area contributed by atoms with Gasteiger partial charge in [0.1, 0.15) is 5.82 Å². The topological polar surface area (TPSA) is 61.0 Å². The maximum absolute atomic E-state index is 5.48. The SMILES string of the molecule is CCCC(C)Oc1nccc(N)n1. The Bertz CT molecular complexity index is 265. The average Bonchev–Trinajstić information content (AvgIpc) is 2.04. The number of nitrogen functional groups attached to an aromatic ring is 1. The zero-order valence-corrected chi connectivity index (χ0v) is 8.03. The lowest BCUT2D eigenvalue weighted by molar-refractivity contribution is 0.193. The van der Waals surface area contributed by atoms with Crippen LogP contribution in [-0.4, -0.2) is 16.1 Å². The van der Waals surface area contributed by atoms with Crippen LogP contribution in [0.4, 0.5) is 5.82 Å². The highest BCUT2D eigenvalue weighted by Gasteiger charge is 2.04. The molecular weight excluding hydrogens is 166 g/mol. The predicted molar refractivity (Wildman–Crippen MR) is 51.4 cm³/mol. The van der Waals surface area contributed by atoms with E-state index in [-0.39, 0.29) is 6.10 Å². The van der Waals surface area contributed by atoms with Gasteiger partial charge in [-0.2, -0.15) is 4.98 Å². The van der Waals surface area contributed by atoms with Crippen LogP contribution < -0.4 is 10.5 Å². The number of nitrogens with zero attached hydrogens (tertiary/aromatic N) is 2. The molecule has 0 bridgehead atoms. The first-order chi connectivity index (χ1) is 6.22. The number of ether oxygens (including phenoxy) is 1. The van der Waals surface area contributed by atoms with Crippen LogP contribution in [0.2, 0.25) is 0 Å². The van der Waals surface area contributed by atoms with E-state index in [1.165, 1.54) is 0 Å². The molecule has 1 atom stereocenters. The average molecular weight is 181 g/mol. The van der Waals surface area contributed by atoms with Crippen molar-refractivity contribution >= 4 is 5.82 Å². The van der Waals surface area contributed by atoms with Gasteiger partial charge < -0.3 is 10.5 Å². The van der Waals surface area contributed by atoms with Crippen molar-refractivity contribution in [3.05, 3.63) is 12.3 Å². The Morgan fingerprint density at radius 2 is 2.38 bits per heavy atom. The molecule has 4 heteroatoms. The minimum Gasteiger partial charge on any atom is -0.460 e. The van der Waals surface area contributed by atoms with Gasteiger partial charge in [0, 0.05) is 6.20 Å². The van der Waals surface area contributed by atoms with Crippen molar-refractivity contribution in [2.75, 3.05) is 5.73 Å². The first-order valence-corrected chi connectivity index (χ1v) is 4.47. The van der Waals surface area contributed by atoms with Gasteiger partial charge >= 0.3 is 6.01 Å². The van der Waals surface area contributed by atoms with Crippen molar-refractivity contribution in [1.29, 1.82) is 0 Å². The second-order valence-corrected chi connectivity index (χ2v) is 2.98. The van der Waals surface area contributed by atoms with Crippen LogP contribution in [0, 0.1) is 0 Å². The molecule has 1 unspecified atom stereocenters. The molecule has 0 amide bonds. The monoisotopic (exact) mass is 181 g/mol. The van der Waals surface area contributed by atoms with Crippen LogP contribution in [0.15, 0.2) is 12.3 Å². The molecule has 1 aromatic rings. The number of aromatic nitrogens is 2. The lowest BCUT2D eigenvalue weighted by Crippen LogP contribution is -2.13. The number of hydrogen-bond donors (Lipinski definition) is 1. The van der Waals surface area contributed by atoms with Gasteiger partial charge in [-0.15, -0.1) is 0 Å². The Kier molecular flexibility index (Phi) is 3.49. The molecule has 0 saturated carbocycles. The summed E-state index contributed by atoms with van der Waals surface area (Å²) in [6, 6.07) is 2.00. The summed E-state index contributed by atoms with van der Waals surface area (Å²) >= 11 is 0. The largest absolute Gasteiger partial charge is 0.460 e. The second kappa shape index (κ2) is 4.64. The molecule has 0 spiro atoms. The summed E-state index contributed by atoms with van der Waals surface area (Å²) in [7, 11) is 0. The first kappa shape index (κ1) is 9.77. The van der Waals surface area contributed by atoms with Crippen molar-refractivity contribution < 1.29 is 4.74 Å². The molecule has 72 valence electrons. The summed E-state index contributed by atoms with van der Waals surface area (Å²) in [5, 5.41) is 0. The molecular formula is C9H15N3O. The summed E-state index contributed by atoms with van der Waals surface area (Å²) in [5.74, 6) is 0.439. The standard InChI is InChI=1S/C9H15N3O/c1-3-4-7(2)13-9-11-6-5-8(10)12-9/h5-7H,3-4H2,1-2H3,(H2,10,11,12). The van der Waals surface area contributed by atoms with Gasteiger partial charge in [-0.25, -0.2) is 4.98 Å². The van der Waals surface area contributed by atoms with E-state index >= 15 is 0 Å². The molecule has 2 N–H and O–H groups in total. The normalized spacial score (nSPS) is 12.5. The van der Waals surface area contributed by atoms with Crippen molar-refractivity contribution in [2.24, 2.45) is 0 Å². The summed E-state index contributed by atoms with van der Waals surface area (Å²) in [6.07, 6.45) is 3.82. The quantitative estimate of drug-likeness (QED) is 0.766. The minimum atomic E-state index is 0.145. The summed E-state index contributed by atoms with van der Waals surface area (Å²) < 4.78 is 5.43. The van der Waals surface area contributed by atoms with Crippen molar-refractivity contribution in [3.8, 4) is 6.01 Å². The molecule has 0 aromatic carbocycles. The number of anilines is 1. The van der Waals surface area contributed by atoms with E-state index in [4.69, 9.17) is 10.5 Å². The Balaban J connectivity index is 2.53. The van der Waals surface area contributed by atoms with Crippen LogP contribution in [0.3, 0.4) is 0 Å². The van der Waals surface area contributed by atoms with Crippen molar-refractivity contribution in [1.82, 2.24) is 9.97 Å². The molecule has 0 aliphatic carbocycles. The fraction of sp³-hybridized carbons (Fsp3) is 0.556. The van der Waals surface area contributed by atoms with E-state index in [2.05, 4.69) is 16.9 Å². The van der Waals surface area contributed by atoms with Crippen LogP contribution in [0.5, 0.6) is 6.01 Å². The molecule has 0 radical (unpaired) electrons. The third kappa shape index (κ3) is 3.27. The van der Waals surface area contributed by atoms with Crippen LogP contribution in [0.25, 0.3) is 0 Å². The molecule has 0 fully saturated rings. The maximum Gasteiger partial charge on any atom is 0.318 e. The van der Waals surface area contributed by atoms with Gasteiger partial charge in [0.05, 0.1) is 6.10 Å². The number of hydrogen-bond acceptors (Lipinski definition) is 4. The fourth-order valence-corrected chi connectivity index (χ4v) is 1.06. The molecule has 13 heavy (non-hydrogen) atoms. The van der Waals surface area contributed by atoms with Gasteiger partial charge in [0.25, 0.3) is 0 Å². The zero-order chi connectivity index (χ0) is 9.68. The smallest absolute Gasteiger partial charge is 0.318 e. The zero-order valence-electron chi connectivity index (χ0n) is 8.03. The molecule has 0 saturated heterocycles.